The van der Waals surface area contributed by atoms with Crippen molar-refractivity contribution in [2.75, 3.05) is 17.1 Å². The van der Waals surface area contributed by atoms with Gasteiger partial charge in [0.1, 0.15) is 6.04 Å². The van der Waals surface area contributed by atoms with E-state index < -0.39 is 16.1 Å². The van der Waals surface area contributed by atoms with Crippen LogP contribution in [0.2, 0.25) is 10.0 Å². The fraction of sp³-hybridized carbons (Fsp3) is 0.462. The molecule has 0 fully saturated rings. The predicted molar refractivity (Wildman–Crippen MR) is 147 cm³/mol. The van der Waals surface area contributed by atoms with Gasteiger partial charge in [0.2, 0.25) is 21.8 Å². The van der Waals surface area contributed by atoms with E-state index in [0.29, 0.717) is 21.3 Å². The van der Waals surface area contributed by atoms with Crippen LogP contribution in [0, 0.1) is 13.8 Å². The summed E-state index contributed by atoms with van der Waals surface area (Å²) in [6, 6.07) is 9.68. The highest BCUT2D eigenvalue weighted by atomic mass is 35.5. The summed E-state index contributed by atoms with van der Waals surface area (Å²) in [5, 5.41) is 3.63. The van der Waals surface area contributed by atoms with E-state index in [4.69, 9.17) is 23.2 Å². The molecule has 2 aromatic rings. The first kappa shape index (κ1) is 29.9. The Labute approximate surface area is 224 Å². The Kier molecular flexibility index (Phi) is 10.6. The first-order chi connectivity index (χ1) is 16.7. The van der Waals surface area contributed by atoms with E-state index in [0.717, 1.165) is 17.4 Å². The molecule has 0 bridgehead atoms. The topological polar surface area (TPSA) is 86.8 Å². The molecule has 0 aromatic heterocycles. The lowest BCUT2D eigenvalue weighted by Crippen LogP contribution is -2.49. The second kappa shape index (κ2) is 12.8. The summed E-state index contributed by atoms with van der Waals surface area (Å²) in [6.07, 6.45) is 1.46. The van der Waals surface area contributed by atoms with Crippen molar-refractivity contribution in [2.45, 2.75) is 66.1 Å². The van der Waals surface area contributed by atoms with Gasteiger partial charge in [0.05, 0.1) is 11.9 Å². The van der Waals surface area contributed by atoms with Crippen LogP contribution in [0.4, 0.5) is 5.69 Å². The first-order valence-corrected chi connectivity index (χ1v) is 14.4. The standard InChI is InChI=1S/C26H35Cl2N3O4S/c1-17(2)29-26(33)20(5)30(16-21-22(27)11-8-12-23(21)28)25(32)14-9-15-31(36(6,34)35)24-13-7-10-18(3)19(24)4/h7-8,10-13,17,20H,9,14-16H2,1-6H3,(H,29,33)/t20-/m1/s1. The van der Waals surface area contributed by atoms with E-state index >= 15 is 0 Å². The number of nitrogens with one attached hydrogen (secondary N) is 1. The minimum absolute atomic E-state index is 0.0399. The maximum atomic E-state index is 13.4. The molecular formula is C26H35Cl2N3O4S. The summed E-state index contributed by atoms with van der Waals surface area (Å²) in [6.45, 7) is 9.31. The van der Waals surface area contributed by atoms with Crippen molar-refractivity contribution in [1.82, 2.24) is 10.2 Å². The van der Waals surface area contributed by atoms with Gasteiger partial charge < -0.3 is 10.2 Å². The van der Waals surface area contributed by atoms with Crippen LogP contribution in [0.3, 0.4) is 0 Å². The van der Waals surface area contributed by atoms with Crippen LogP contribution in [0.1, 0.15) is 50.3 Å². The molecule has 0 unspecified atom stereocenters. The van der Waals surface area contributed by atoms with Gasteiger partial charge in [-0.25, -0.2) is 8.42 Å². The molecule has 10 heteroatoms. The van der Waals surface area contributed by atoms with Crippen LogP contribution in [-0.2, 0) is 26.2 Å². The second-order valence-electron chi connectivity index (χ2n) is 9.22. The highest BCUT2D eigenvalue weighted by Crippen LogP contribution is 2.28. The highest BCUT2D eigenvalue weighted by molar-refractivity contribution is 7.92. The molecule has 0 heterocycles. The van der Waals surface area contributed by atoms with Gasteiger partial charge in [-0.15, -0.1) is 0 Å². The summed E-state index contributed by atoms with van der Waals surface area (Å²) in [5.41, 5.74) is 2.98. The number of nitrogens with zero attached hydrogens (tertiary/aromatic N) is 2. The smallest absolute Gasteiger partial charge is 0.242 e. The SMILES string of the molecule is Cc1cccc(N(CCCC(=O)N(Cc2c(Cl)cccc2Cl)[C@H](C)C(=O)NC(C)C)S(C)(=O)=O)c1C. The summed E-state index contributed by atoms with van der Waals surface area (Å²) in [4.78, 5) is 27.6. The number of aryl methyl sites for hydroxylation is 1. The van der Waals surface area contributed by atoms with E-state index in [1.165, 1.54) is 9.21 Å². The van der Waals surface area contributed by atoms with Gasteiger partial charge in [0.25, 0.3) is 0 Å². The molecule has 1 atom stereocenters. The number of halogens is 2. The van der Waals surface area contributed by atoms with E-state index in [9.17, 15) is 18.0 Å². The third-order valence-electron chi connectivity index (χ3n) is 5.99. The van der Waals surface area contributed by atoms with Crippen LogP contribution in [0.15, 0.2) is 36.4 Å². The molecule has 0 saturated heterocycles. The number of hydrogen-bond acceptors (Lipinski definition) is 4. The molecule has 0 radical (unpaired) electrons. The van der Waals surface area contributed by atoms with Gasteiger partial charge in [-0.05, 0) is 70.4 Å². The van der Waals surface area contributed by atoms with Crippen molar-refractivity contribution in [1.29, 1.82) is 0 Å². The monoisotopic (exact) mass is 555 g/mol. The average molecular weight is 557 g/mol. The molecule has 0 saturated carbocycles. The van der Waals surface area contributed by atoms with Gasteiger partial charge in [0.15, 0.2) is 0 Å². The Balaban J connectivity index is 2.26. The van der Waals surface area contributed by atoms with Crippen LogP contribution in [0.25, 0.3) is 0 Å². The lowest BCUT2D eigenvalue weighted by molar-refractivity contribution is -0.140. The lowest BCUT2D eigenvalue weighted by atomic mass is 10.1. The van der Waals surface area contributed by atoms with E-state index in [-0.39, 0.29) is 43.8 Å². The Morgan fingerprint density at radius 2 is 1.58 bits per heavy atom. The first-order valence-electron chi connectivity index (χ1n) is 11.8. The minimum atomic E-state index is -3.57. The molecule has 36 heavy (non-hydrogen) atoms. The number of hydrogen-bond donors (Lipinski definition) is 1. The van der Waals surface area contributed by atoms with E-state index in [2.05, 4.69) is 5.32 Å². The van der Waals surface area contributed by atoms with Gasteiger partial charge in [0, 0.05) is 41.2 Å². The molecule has 0 aliphatic rings. The zero-order valence-electron chi connectivity index (χ0n) is 21.6. The van der Waals surface area contributed by atoms with E-state index in [1.807, 2.05) is 39.8 Å². The van der Waals surface area contributed by atoms with Gasteiger partial charge in [-0.1, -0.05) is 41.4 Å². The fourth-order valence-electron chi connectivity index (χ4n) is 3.83. The van der Waals surface area contributed by atoms with Crippen molar-refractivity contribution in [3.8, 4) is 0 Å². The van der Waals surface area contributed by atoms with Crippen LogP contribution >= 0.6 is 23.2 Å². The Bertz CT molecular complexity index is 1180. The number of amides is 2. The highest BCUT2D eigenvalue weighted by Gasteiger charge is 2.28. The number of carbonyl (C=O) groups is 2. The van der Waals surface area contributed by atoms with Gasteiger partial charge in [-0.2, -0.15) is 0 Å². The molecule has 0 aliphatic carbocycles. The molecule has 2 amide bonds. The van der Waals surface area contributed by atoms with Gasteiger partial charge in [-0.3, -0.25) is 13.9 Å². The van der Waals surface area contributed by atoms with Gasteiger partial charge >= 0.3 is 0 Å². The quantitative estimate of drug-likeness (QED) is 0.418. The molecular weight excluding hydrogens is 521 g/mol. The third kappa shape index (κ3) is 7.85. The molecule has 198 valence electrons. The average Bonchev–Trinajstić information content (AvgIpc) is 2.77. The second-order valence-corrected chi connectivity index (χ2v) is 11.9. The lowest BCUT2D eigenvalue weighted by Gasteiger charge is -2.30. The van der Waals surface area contributed by atoms with E-state index in [1.54, 1.807) is 31.2 Å². The summed E-state index contributed by atoms with van der Waals surface area (Å²) < 4.78 is 26.5. The van der Waals surface area contributed by atoms with Crippen molar-refractivity contribution >= 4 is 50.7 Å². The molecule has 7 nitrogen and oxygen atoms in total. The largest absolute Gasteiger partial charge is 0.352 e. The maximum absolute atomic E-state index is 13.4. The molecule has 0 spiro atoms. The Morgan fingerprint density at radius 3 is 2.14 bits per heavy atom. The fourth-order valence-corrected chi connectivity index (χ4v) is 5.36. The predicted octanol–water partition coefficient (Wildman–Crippen LogP) is 5.10. The van der Waals surface area contributed by atoms with Crippen LogP contribution in [0.5, 0.6) is 0 Å². The Hall–Kier alpha value is -2.29. The zero-order chi connectivity index (χ0) is 27.2. The molecule has 1 N–H and O–H groups in total. The number of rotatable bonds is 11. The molecule has 2 rings (SSSR count). The summed E-state index contributed by atoms with van der Waals surface area (Å²) in [5.74, 6) is -0.596. The summed E-state index contributed by atoms with van der Waals surface area (Å²) in [7, 11) is -3.57. The summed E-state index contributed by atoms with van der Waals surface area (Å²) >= 11 is 12.7. The third-order valence-corrected chi connectivity index (χ3v) is 7.87. The van der Waals surface area contributed by atoms with Crippen LogP contribution in [-0.4, -0.2) is 50.0 Å². The maximum Gasteiger partial charge on any atom is 0.242 e. The number of sulfonamides is 1. The molecule has 2 aromatic carbocycles. The normalized spacial score (nSPS) is 12.4. The minimum Gasteiger partial charge on any atom is -0.352 e. The zero-order valence-corrected chi connectivity index (χ0v) is 24.0. The molecule has 0 aliphatic heterocycles. The van der Waals surface area contributed by atoms with Crippen molar-refractivity contribution in [2.24, 2.45) is 0 Å². The van der Waals surface area contributed by atoms with Crippen LogP contribution < -0.4 is 9.62 Å². The van der Waals surface area contributed by atoms with Crippen molar-refractivity contribution < 1.29 is 18.0 Å². The Morgan fingerprint density at radius 1 is 1.00 bits per heavy atom. The number of carbonyl (C=O) groups excluding carboxylic acids is 2. The number of benzene rings is 2. The van der Waals surface area contributed by atoms with Crippen molar-refractivity contribution in [3.05, 3.63) is 63.1 Å². The van der Waals surface area contributed by atoms with Crippen molar-refractivity contribution in [3.63, 3.8) is 0 Å². The number of anilines is 1.